The van der Waals surface area contributed by atoms with Gasteiger partial charge in [0.2, 0.25) is 0 Å². The summed E-state index contributed by atoms with van der Waals surface area (Å²) in [5.74, 6) is -2.11. The molecular weight excluding hydrogens is 383 g/mol. The van der Waals surface area contributed by atoms with E-state index in [2.05, 4.69) is 5.32 Å². The molecule has 6 nitrogen and oxygen atoms in total. The molecule has 4 rings (SSSR count). The molecule has 0 aliphatic carbocycles. The molecular formula is C20H15FN2O4S. The SMILES string of the molecule is CN1C(C(=O)Nc2ccccc2F)=C(O)c2ccc3ccccc3c2S1(=O)=O. The van der Waals surface area contributed by atoms with Gasteiger partial charge >= 0.3 is 0 Å². The molecule has 0 aromatic heterocycles. The Morgan fingerprint density at radius 2 is 1.71 bits per heavy atom. The maximum absolute atomic E-state index is 13.9. The number of hydrogen-bond acceptors (Lipinski definition) is 4. The van der Waals surface area contributed by atoms with Crippen molar-refractivity contribution in [1.29, 1.82) is 0 Å². The largest absolute Gasteiger partial charge is 0.505 e. The number of rotatable bonds is 2. The lowest BCUT2D eigenvalue weighted by Crippen LogP contribution is -2.37. The van der Waals surface area contributed by atoms with Gasteiger partial charge in [-0.3, -0.25) is 9.10 Å². The quantitative estimate of drug-likeness (QED) is 0.692. The maximum Gasteiger partial charge on any atom is 0.276 e. The zero-order valence-electron chi connectivity index (χ0n) is 14.7. The number of aliphatic hydroxyl groups excluding tert-OH is 1. The number of fused-ring (bicyclic) bond motifs is 3. The van der Waals surface area contributed by atoms with Crippen molar-refractivity contribution in [3.63, 3.8) is 0 Å². The predicted molar refractivity (Wildman–Crippen MR) is 103 cm³/mol. The Bertz CT molecular complexity index is 1270. The van der Waals surface area contributed by atoms with E-state index >= 15 is 0 Å². The predicted octanol–water partition coefficient (Wildman–Crippen LogP) is 3.48. The van der Waals surface area contributed by atoms with E-state index in [1.807, 2.05) is 0 Å². The molecule has 28 heavy (non-hydrogen) atoms. The van der Waals surface area contributed by atoms with Gasteiger partial charge in [0, 0.05) is 18.0 Å². The number of halogens is 1. The van der Waals surface area contributed by atoms with E-state index in [0.29, 0.717) is 15.1 Å². The number of benzene rings is 3. The first-order chi connectivity index (χ1) is 13.3. The number of hydrogen-bond donors (Lipinski definition) is 2. The highest BCUT2D eigenvalue weighted by molar-refractivity contribution is 7.89. The Morgan fingerprint density at radius 1 is 1.04 bits per heavy atom. The van der Waals surface area contributed by atoms with Gasteiger partial charge in [0.05, 0.1) is 5.69 Å². The summed E-state index contributed by atoms with van der Waals surface area (Å²) in [6.45, 7) is 0. The summed E-state index contributed by atoms with van der Waals surface area (Å²) in [4.78, 5) is 12.6. The third kappa shape index (κ3) is 2.61. The number of aliphatic hydroxyl groups is 1. The summed E-state index contributed by atoms with van der Waals surface area (Å²) in [5.41, 5.74) is -0.579. The highest BCUT2D eigenvalue weighted by atomic mass is 32.2. The van der Waals surface area contributed by atoms with Gasteiger partial charge in [0.25, 0.3) is 15.9 Å². The van der Waals surface area contributed by atoms with Crippen molar-refractivity contribution < 1.29 is 22.7 Å². The Morgan fingerprint density at radius 3 is 2.46 bits per heavy atom. The molecule has 0 spiro atoms. The number of likely N-dealkylation sites (N-methyl/N-ethyl adjacent to an activating group) is 1. The fraction of sp³-hybridized carbons (Fsp3) is 0.0500. The van der Waals surface area contributed by atoms with Crippen LogP contribution in [0.15, 0.2) is 71.3 Å². The zero-order chi connectivity index (χ0) is 20.1. The minimum Gasteiger partial charge on any atom is -0.505 e. The van der Waals surface area contributed by atoms with Crippen LogP contribution in [0.3, 0.4) is 0 Å². The van der Waals surface area contributed by atoms with Crippen LogP contribution in [0.1, 0.15) is 5.56 Å². The van der Waals surface area contributed by atoms with Gasteiger partial charge < -0.3 is 10.4 Å². The average Bonchev–Trinajstić information content (AvgIpc) is 2.68. The third-order valence-electron chi connectivity index (χ3n) is 4.63. The number of nitrogens with zero attached hydrogens (tertiary/aromatic N) is 1. The molecule has 0 atom stereocenters. The Hall–Kier alpha value is -3.39. The first-order valence-electron chi connectivity index (χ1n) is 8.32. The van der Waals surface area contributed by atoms with Crippen LogP contribution >= 0.6 is 0 Å². The second-order valence-electron chi connectivity index (χ2n) is 6.27. The molecule has 0 radical (unpaired) electrons. The molecule has 1 heterocycles. The fourth-order valence-corrected chi connectivity index (χ4v) is 4.83. The van der Waals surface area contributed by atoms with Gasteiger partial charge in [0.1, 0.15) is 10.7 Å². The second-order valence-corrected chi connectivity index (χ2v) is 8.17. The third-order valence-corrected chi connectivity index (χ3v) is 6.49. The lowest BCUT2D eigenvalue weighted by molar-refractivity contribution is -0.113. The number of amides is 1. The minimum absolute atomic E-state index is 0.0236. The molecule has 1 aliphatic heterocycles. The van der Waals surface area contributed by atoms with Crippen LogP contribution in [-0.2, 0) is 14.8 Å². The van der Waals surface area contributed by atoms with Crippen LogP contribution in [0.5, 0.6) is 0 Å². The van der Waals surface area contributed by atoms with Gasteiger partial charge in [-0.05, 0) is 23.6 Å². The Kier molecular flexibility index (Phi) is 4.08. The topological polar surface area (TPSA) is 86.7 Å². The van der Waals surface area contributed by atoms with Gasteiger partial charge in [0.15, 0.2) is 11.5 Å². The molecule has 0 saturated heterocycles. The molecule has 3 aromatic rings. The van der Waals surface area contributed by atoms with Crippen molar-refractivity contribution in [1.82, 2.24) is 4.31 Å². The van der Waals surface area contributed by atoms with Gasteiger partial charge in [-0.15, -0.1) is 0 Å². The molecule has 1 amide bonds. The van der Waals surface area contributed by atoms with Gasteiger partial charge in [-0.1, -0.05) is 42.5 Å². The normalized spacial score (nSPS) is 15.4. The molecule has 1 aliphatic rings. The average molecular weight is 398 g/mol. The highest BCUT2D eigenvalue weighted by Gasteiger charge is 2.39. The van der Waals surface area contributed by atoms with Crippen molar-refractivity contribution >= 4 is 38.1 Å². The van der Waals surface area contributed by atoms with E-state index < -0.39 is 33.2 Å². The molecule has 0 bridgehead atoms. The fourth-order valence-electron chi connectivity index (χ4n) is 3.24. The van der Waals surface area contributed by atoms with Gasteiger partial charge in [-0.25, -0.2) is 12.8 Å². The molecule has 2 N–H and O–H groups in total. The van der Waals surface area contributed by atoms with E-state index in [0.717, 1.165) is 6.07 Å². The van der Waals surface area contributed by atoms with Crippen LogP contribution in [0.4, 0.5) is 10.1 Å². The van der Waals surface area contributed by atoms with Crippen LogP contribution in [0.2, 0.25) is 0 Å². The number of nitrogens with one attached hydrogen (secondary N) is 1. The summed E-state index contributed by atoms with van der Waals surface area (Å²) in [6.07, 6.45) is 0. The Labute approximate surface area is 160 Å². The smallest absolute Gasteiger partial charge is 0.276 e. The first kappa shape index (κ1) is 18.0. The molecule has 0 saturated carbocycles. The summed E-state index contributed by atoms with van der Waals surface area (Å²) in [5, 5.41) is 14.2. The van der Waals surface area contributed by atoms with Crippen LogP contribution in [0.25, 0.3) is 16.5 Å². The second kappa shape index (κ2) is 6.35. The number of para-hydroxylation sites is 1. The molecule has 142 valence electrons. The monoisotopic (exact) mass is 398 g/mol. The number of sulfonamides is 1. The lowest BCUT2D eigenvalue weighted by atomic mass is 10.0. The van der Waals surface area contributed by atoms with E-state index in [1.165, 1.54) is 31.3 Å². The highest BCUT2D eigenvalue weighted by Crippen LogP contribution is 2.39. The van der Waals surface area contributed by atoms with Gasteiger partial charge in [-0.2, -0.15) is 0 Å². The minimum atomic E-state index is -4.12. The number of carbonyl (C=O) groups excluding carboxylic acids is 1. The van der Waals surface area contributed by atoms with Crippen LogP contribution in [-0.4, -0.2) is 30.8 Å². The summed E-state index contributed by atoms with van der Waals surface area (Å²) in [6, 6.07) is 15.5. The van der Waals surface area contributed by atoms with Crippen LogP contribution < -0.4 is 5.32 Å². The van der Waals surface area contributed by atoms with Crippen molar-refractivity contribution in [2.75, 3.05) is 12.4 Å². The van der Waals surface area contributed by atoms with Crippen molar-refractivity contribution in [3.05, 3.63) is 77.7 Å². The standard InChI is InChI=1S/C20H15FN2O4S/c1-23-17(20(25)22-16-9-5-4-8-15(16)21)18(24)14-11-10-12-6-2-3-7-13(12)19(14)28(23,26)27/h2-11,24H,1H3,(H,22,25). The van der Waals surface area contributed by atoms with Crippen LogP contribution in [0, 0.1) is 5.82 Å². The van der Waals surface area contributed by atoms with E-state index in [4.69, 9.17) is 0 Å². The lowest BCUT2D eigenvalue weighted by Gasteiger charge is -2.29. The molecule has 8 heteroatoms. The van der Waals surface area contributed by atoms with E-state index in [-0.39, 0.29) is 16.1 Å². The van der Waals surface area contributed by atoms with E-state index in [1.54, 1.807) is 30.3 Å². The Balaban J connectivity index is 1.91. The summed E-state index contributed by atoms with van der Waals surface area (Å²) < 4.78 is 40.8. The van der Waals surface area contributed by atoms with E-state index in [9.17, 15) is 22.7 Å². The molecule has 0 unspecified atom stereocenters. The zero-order valence-corrected chi connectivity index (χ0v) is 15.5. The summed E-state index contributed by atoms with van der Waals surface area (Å²) in [7, 11) is -2.94. The molecule has 0 fully saturated rings. The van der Waals surface area contributed by atoms with Crippen molar-refractivity contribution in [3.8, 4) is 0 Å². The number of carbonyl (C=O) groups is 1. The van der Waals surface area contributed by atoms with Crippen molar-refractivity contribution in [2.24, 2.45) is 0 Å². The molecule has 3 aromatic carbocycles. The summed E-state index contributed by atoms with van der Waals surface area (Å²) >= 11 is 0. The van der Waals surface area contributed by atoms with Crippen molar-refractivity contribution in [2.45, 2.75) is 4.90 Å². The first-order valence-corrected chi connectivity index (χ1v) is 9.76. The number of anilines is 1. The maximum atomic E-state index is 13.9.